The van der Waals surface area contributed by atoms with Gasteiger partial charge in [0.2, 0.25) is 5.91 Å². The molecule has 0 atom stereocenters. The maximum atomic E-state index is 11.9. The molecule has 0 radical (unpaired) electrons. The molecule has 1 aliphatic rings. The molecule has 1 aromatic rings. The molecule has 0 aliphatic heterocycles. The van der Waals surface area contributed by atoms with E-state index >= 15 is 0 Å². The van der Waals surface area contributed by atoms with Gasteiger partial charge in [-0.15, -0.1) is 0 Å². The van der Waals surface area contributed by atoms with Gasteiger partial charge in [-0.25, -0.2) is 4.98 Å². The van der Waals surface area contributed by atoms with Gasteiger partial charge < -0.3 is 11.1 Å². The van der Waals surface area contributed by atoms with E-state index in [0.717, 1.165) is 25.7 Å². The molecular formula is C13H18ClN3O. The third-order valence-electron chi connectivity index (χ3n) is 3.37. The Morgan fingerprint density at radius 2 is 2.17 bits per heavy atom. The first-order chi connectivity index (χ1) is 8.57. The van der Waals surface area contributed by atoms with Crippen LogP contribution in [0.1, 0.15) is 38.5 Å². The minimum Gasteiger partial charge on any atom is -0.326 e. The van der Waals surface area contributed by atoms with Crippen molar-refractivity contribution in [3.8, 4) is 0 Å². The molecule has 1 aromatic heterocycles. The second-order valence-electron chi connectivity index (χ2n) is 5.02. The highest BCUT2D eigenvalue weighted by Gasteiger charge is 2.29. The first-order valence-electron chi connectivity index (χ1n) is 6.28. The second kappa shape index (κ2) is 5.67. The lowest BCUT2D eigenvalue weighted by atomic mass is 9.80. The average molecular weight is 268 g/mol. The van der Waals surface area contributed by atoms with Gasteiger partial charge in [-0.2, -0.15) is 0 Å². The number of carbonyl (C=O) groups is 1. The molecule has 1 aliphatic carbocycles. The average Bonchev–Trinajstić information content (AvgIpc) is 2.28. The number of pyridine rings is 1. The Hall–Kier alpha value is -1.13. The highest BCUT2D eigenvalue weighted by atomic mass is 35.5. The molecule has 1 amide bonds. The fourth-order valence-electron chi connectivity index (χ4n) is 2.44. The summed E-state index contributed by atoms with van der Waals surface area (Å²) in [7, 11) is 0. The molecule has 18 heavy (non-hydrogen) atoms. The topological polar surface area (TPSA) is 68.0 Å². The van der Waals surface area contributed by atoms with Gasteiger partial charge in [-0.05, 0) is 25.0 Å². The van der Waals surface area contributed by atoms with E-state index < -0.39 is 0 Å². The van der Waals surface area contributed by atoms with Crippen molar-refractivity contribution in [1.29, 1.82) is 0 Å². The lowest BCUT2D eigenvalue weighted by Gasteiger charge is -2.32. The summed E-state index contributed by atoms with van der Waals surface area (Å²) in [5, 5.41) is 3.18. The van der Waals surface area contributed by atoms with Crippen LogP contribution in [-0.2, 0) is 4.79 Å². The van der Waals surface area contributed by atoms with Crippen molar-refractivity contribution in [3.63, 3.8) is 0 Å². The summed E-state index contributed by atoms with van der Waals surface area (Å²) in [4.78, 5) is 15.8. The molecule has 0 saturated heterocycles. The second-order valence-corrected chi connectivity index (χ2v) is 5.40. The Bertz CT molecular complexity index is 430. The van der Waals surface area contributed by atoms with Crippen LogP contribution >= 0.6 is 11.6 Å². The predicted molar refractivity (Wildman–Crippen MR) is 72.5 cm³/mol. The number of nitrogens with zero attached hydrogens (tertiary/aromatic N) is 1. The number of hydrogen-bond donors (Lipinski definition) is 2. The summed E-state index contributed by atoms with van der Waals surface area (Å²) in [6.07, 6.45) is 7.25. The highest BCUT2D eigenvalue weighted by molar-refractivity contribution is 6.29. The number of halogens is 1. The molecule has 2 rings (SSSR count). The lowest BCUT2D eigenvalue weighted by molar-refractivity contribution is -0.117. The van der Waals surface area contributed by atoms with Crippen LogP contribution in [0.15, 0.2) is 18.3 Å². The van der Waals surface area contributed by atoms with Gasteiger partial charge >= 0.3 is 0 Å². The van der Waals surface area contributed by atoms with Crippen LogP contribution in [0.2, 0.25) is 5.15 Å². The first-order valence-corrected chi connectivity index (χ1v) is 6.66. The van der Waals surface area contributed by atoms with Gasteiger partial charge in [-0.3, -0.25) is 4.79 Å². The fraction of sp³-hybridized carbons (Fsp3) is 0.538. The van der Waals surface area contributed by atoms with E-state index in [1.165, 1.54) is 6.42 Å². The minimum absolute atomic E-state index is 0.0540. The van der Waals surface area contributed by atoms with E-state index in [-0.39, 0.29) is 11.4 Å². The third-order valence-corrected chi connectivity index (χ3v) is 3.58. The summed E-state index contributed by atoms with van der Waals surface area (Å²) < 4.78 is 0. The van der Waals surface area contributed by atoms with E-state index in [4.69, 9.17) is 17.3 Å². The Balaban J connectivity index is 1.92. The molecule has 1 fully saturated rings. The summed E-state index contributed by atoms with van der Waals surface area (Å²) in [5.41, 5.74) is 6.58. The lowest BCUT2D eigenvalue weighted by Crippen LogP contribution is -2.44. The molecule has 0 bridgehead atoms. The number of anilines is 1. The minimum atomic E-state index is -0.334. The smallest absolute Gasteiger partial charge is 0.226 e. The number of aromatic nitrogens is 1. The zero-order valence-electron chi connectivity index (χ0n) is 10.3. The monoisotopic (exact) mass is 267 g/mol. The zero-order valence-corrected chi connectivity index (χ0v) is 11.0. The fourth-order valence-corrected chi connectivity index (χ4v) is 2.61. The Morgan fingerprint density at radius 1 is 1.44 bits per heavy atom. The molecule has 1 heterocycles. The molecule has 0 unspecified atom stereocenters. The van der Waals surface area contributed by atoms with Crippen molar-refractivity contribution in [1.82, 2.24) is 4.98 Å². The van der Waals surface area contributed by atoms with Crippen molar-refractivity contribution < 1.29 is 4.79 Å². The molecule has 3 N–H and O–H groups in total. The van der Waals surface area contributed by atoms with Crippen LogP contribution in [0, 0.1) is 0 Å². The number of nitrogens with two attached hydrogens (primary N) is 1. The maximum absolute atomic E-state index is 11.9. The predicted octanol–water partition coefficient (Wildman–Crippen LogP) is 2.73. The van der Waals surface area contributed by atoms with Crippen molar-refractivity contribution in [3.05, 3.63) is 23.5 Å². The van der Waals surface area contributed by atoms with Crippen molar-refractivity contribution in [2.75, 3.05) is 5.32 Å². The van der Waals surface area contributed by atoms with E-state index in [1.807, 2.05) is 0 Å². The molecule has 4 nitrogen and oxygen atoms in total. The SMILES string of the molecule is NC1(CC(=O)Nc2ccnc(Cl)c2)CCCCC1. The van der Waals surface area contributed by atoms with E-state index in [1.54, 1.807) is 18.3 Å². The third kappa shape index (κ3) is 3.68. The van der Waals surface area contributed by atoms with Gasteiger partial charge in [0.15, 0.2) is 0 Å². The molecule has 0 aromatic carbocycles. The summed E-state index contributed by atoms with van der Waals surface area (Å²) >= 11 is 5.76. The van der Waals surface area contributed by atoms with Crippen LogP contribution in [0.25, 0.3) is 0 Å². The maximum Gasteiger partial charge on any atom is 0.226 e. The van der Waals surface area contributed by atoms with Gasteiger partial charge in [0.25, 0.3) is 0 Å². The number of amides is 1. The molecule has 0 spiro atoms. The van der Waals surface area contributed by atoms with Crippen LogP contribution in [0.5, 0.6) is 0 Å². The van der Waals surface area contributed by atoms with Crippen LogP contribution in [0.3, 0.4) is 0 Å². The quantitative estimate of drug-likeness (QED) is 0.828. The molecule has 1 saturated carbocycles. The highest BCUT2D eigenvalue weighted by Crippen LogP contribution is 2.29. The van der Waals surface area contributed by atoms with Crippen molar-refractivity contribution in [2.45, 2.75) is 44.1 Å². The molecule has 5 heteroatoms. The van der Waals surface area contributed by atoms with Gasteiger partial charge in [0.05, 0.1) is 0 Å². The van der Waals surface area contributed by atoms with Crippen LogP contribution in [-0.4, -0.2) is 16.4 Å². The normalized spacial score (nSPS) is 18.3. The summed E-state index contributed by atoms with van der Waals surface area (Å²) in [6.45, 7) is 0. The van der Waals surface area contributed by atoms with E-state index in [2.05, 4.69) is 10.3 Å². The molecular weight excluding hydrogens is 250 g/mol. The number of hydrogen-bond acceptors (Lipinski definition) is 3. The first kappa shape index (κ1) is 13.3. The van der Waals surface area contributed by atoms with Gasteiger partial charge in [-0.1, -0.05) is 30.9 Å². The Kier molecular flexibility index (Phi) is 4.19. The van der Waals surface area contributed by atoms with Crippen molar-refractivity contribution >= 4 is 23.2 Å². The summed E-state index contributed by atoms with van der Waals surface area (Å²) in [6, 6.07) is 3.34. The zero-order chi connectivity index (χ0) is 13.0. The van der Waals surface area contributed by atoms with E-state index in [0.29, 0.717) is 17.3 Å². The largest absolute Gasteiger partial charge is 0.326 e. The number of rotatable bonds is 3. The van der Waals surface area contributed by atoms with Crippen LogP contribution in [0.4, 0.5) is 5.69 Å². The Morgan fingerprint density at radius 3 is 2.83 bits per heavy atom. The summed E-state index contributed by atoms with van der Waals surface area (Å²) in [5.74, 6) is -0.0540. The number of nitrogens with one attached hydrogen (secondary N) is 1. The van der Waals surface area contributed by atoms with Crippen molar-refractivity contribution in [2.24, 2.45) is 5.73 Å². The number of carbonyl (C=O) groups excluding carboxylic acids is 1. The van der Waals surface area contributed by atoms with Gasteiger partial charge in [0, 0.05) is 23.8 Å². The van der Waals surface area contributed by atoms with Gasteiger partial charge in [0.1, 0.15) is 5.15 Å². The van der Waals surface area contributed by atoms with Crippen LogP contribution < -0.4 is 11.1 Å². The standard InChI is InChI=1S/C13H18ClN3O/c14-11-8-10(4-7-16-11)17-12(18)9-13(15)5-2-1-3-6-13/h4,7-8H,1-3,5-6,9,15H2,(H,16,17,18). The Labute approximate surface area is 112 Å². The van der Waals surface area contributed by atoms with E-state index in [9.17, 15) is 4.79 Å². The molecule has 98 valence electrons.